The van der Waals surface area contributed by atoms with Gasteiger partial charge in [-0.15, -0.1) is 0 Å². The molecular formula is C18H20N4O3S. The minimum atomic E-state index is -3.56. The molecule has 1 saturated heterocycles. The summed E-state index contributed by atoms with van der Waals surface area (Å²) in [5, 5.41) is 4.06. The SMILES string of the molecule is C/C(=N\NC(=O)c1cccc(S(=O)(=O)N2CCCC2)c1)c1cccnc1. The van der Waals surface area contributed by atoms with Gasteiger partial charge in [0.2, 0.25) is 10.0 Å². The third-order valence-corrected chi connectivity index (χ3v) is 6.10. The summed E-state index contributed by atoms with van der Waals surface area (Å²) < 4.78 is 26.7. The fraction of sp³-hybridized carbons (Fsp3) is 0.278. The third kappa shape index (κ3) is 3.97. The molecule has 0 saturated carbocycles. The van der Waals surface area contributed by atoms with Crippen LogP contribution in [-0.4, -0.2) is 42.4 Å². The summed E-state index contributed by atoms with van der Waals surface area (Å²) in [6.45, 7) is 2.80. The first kappa shape index (κ1) is 18.2. The Balaban J connectivity index is 1.76. The number of nitrogens with one attached hydrogen (secondary N) is 1. The van der Waals surface area contributed by atoms with Crippen LogP contribution in [-0.2, 0) is 10.0 Å². The van der Waals surface area contributed by atoms with E-state index in [1.165, 1.54) is 16.4 Å². The van der Waals surface area contributed by atoms with Crippen LogP contribution in [0.4, 0.5) is 0 Å². The number of nitrogens with zero attached hydrogens (tertiary/aromatic N) is 3. The molecule has 0 spiro atoms. The van der Waals surface area contributed by atoms with Crippen molar-refractivity contribution in [2.24, 2.45) is 5.10 Å². The van der Waals surface area contributed by atoms with E-state index < -0.39 is 15.9 Å². The molecule has 7 nitrogen and oxygen atoms in total. The van der Waals surface area contributed by atoms with E-state index in [2.05, 4.69) is 15.5 Å². The zero-order chi connectivity index (χ0) is 18.6. The van der Waals surface area contributed by atoms with Crippen LogP contribution in [0, 0.1) is 0 Å². The van der Waals surface area contributed by atoms with E-state index in [1.54, 1.807) is 37.5 Å². The number of carbonyl (C=O) groups is 1. The van der Waals surface area contributed by atoms with E-state index in [-0.39, 0.29) is 10.5 Å². The van der Waals surface area contributed by atoms with Gasteiger partial charge in [0.25, 0.3) is 5.91 Å². The highest BCUT2D eigenvalue weighted by Gasteiger charge is 2.27. The van der Waals surface area contributed by atoms with Crippen LogP contribution in [0.2, 0.25) is 0 Å². The van der Waals surface area contributed by atoms with Gasteiger partial charge in [-0.25, -0.2) is 13.8 Å². The summed E-state index contributed by atoms with van der Waals surface area (Å²) in [5.74, 6) is -0.466. The smallest absolute Gasteiger partial charge is 0.267 e. The maximum Gasteiger partial charge on any atom is 0.271 e. The van der Waals surface area contributed by atoms with Crippen molar-refractivity contribution in [1.82, 2.24) is 14.7 Å². The second-order valence-electron chi connectivity index (χ2n) is 6.02. The molecule has 1 aliphatic heterocycles. The number of sulfonamides is 1. The number of hydrogen-bond donors (Lipinski definition) is 1. The number of hydrogen-bond acceptors (Lipinski definition) is 5. The van der Waals surface area contributed by atoms with Crippen molar-refractivity contribution < 1.29 is 13.2 Å². The summed E-state index contributed by atoms with van der Waals surface area (Å²) in [4.78, 5) is 16.5. The quantitative estimate of drug-likeness (QED) is 0.642. The largest absolute Gasteiger partial charge is 0.271 e. The Labute approximate surface area is 152 Å². The molecule has 8 heteroatoms. The van der Waals surface area contributed by atoms with Crippen LogP contribution in [0.5, 0.6) is 0 Å². The average Bonchev–Trinajstić information content (AvgIpc) is 3.22. The zero-order valence-electron chi connectivity index (χ0n) is 14.4. The van der Waals surface area contributed by atoms with Gasteiger partial charge in [0.1, 0.15) is 0 Å². The molecule has 26 heavy (non-hydrogen) atoms. The number of hydrazone groups is 1. The molecule has 0 bridgehead atoms. The molecule has 1 aromatic carbocycles. The van der Waals surface area contributed by atoms with Gasteiger partial charge in [-0.05, 0) is 44.0 Å². The normalized spacial score (nSPS) is 15.8. The van der Waals surface area contributed by atoms with Crippen molar-refractivity contribution in [3.05, 3.63) is 59.9 Å². The van der Waals surface area contributed by atoms with Gasteiger partial charge in [0.05, 0.1) is 10.6 Å². The monoisotopic (exact) mass is 372 g/mol. The molecule has 1 aromatic heterocycles. The summed E-state index contributed by atoms with van der Waals surface area (Å²) in [5.41, 5.74) is 4.10. The fourth-order valence-corrected chi connectivity index (χ4v) is 4.28. The molecule has 0 atom stereocenters. The number of rotatable bonds is 5. The number of benzene rings is 1. The number of aromatic nitrogens is 1. The highest BCUT2D eigenvalue weighted by atomic mass is 32.2. The van der Waals surface area contributed by atoms with Crippen molar-refractivity contribution in [3.63, 3.8) is 0 Å². The van der Waals surface area contributed by atoms with Crippen LogP contribution in [0.15, 0.2) is 58.8 Å². The van der Waals surface area contributed by atoms with Gasteiger partial charge in [-0.2, -0.15) is 9.41 Å². The zero-order valence-corrected chi connectivity index (χ0v) is 15.2. The van der Waals surface area contributed by atoms with Gasteiger partial charge < -0.3 is 0 Å². The van der Waals surface area contributed by atoms with E-state index in [0.717, 1.165) is 18.4 Å². The predicted molar refractivity (Wildman–Crippen MR) is 98.3 cm³/mol. The summed E-state index contributed by atoms with van der Waals surface area (Å²) in [6, 6.07) is 9.64. The molecule has 0 radical (unpaired) electrons. The Morgan fingerprint density at radius 3 is 2.58 bits per heavy atom. The number of carbonyl (C=O) groups excluding carboxylic acids is 1. The molecule has 0 aliphatic carbocycles. The number of amides is 1. The van der Waals surface area contributed by atoms with Crippen molar-refractivity contribution in [2.75, 3.05) is 13.1 Å². The van der Waals surface area contributed by atoms with E-state index in [0.29, 0.717) is 18.8 Å². The van der Waals surface area contributed by atoms with E-state index in [9.17, 15) is 13.2 Å². The van der Waals surface area contributed by atoms with Crippen LogP contribution in [0.25, 0.3) is 0 Å². The Morgan fingerprint density at radius 1 is 1.15 bits per heavy atom. The van der Waals surface area contributed by atoms with Crippen molar-refractivity contribution in [3.8, 4) is 0 Å². The van der Waals surface area contributed by atoms with Gasteiger partial charge in [0, 0.05) is 36.6 Å². The second kappa shape index (κ2) is 7.76. The minimum Gasteiger partial charge on any atom is -0.267 e. The van der Waals surface area contributed by atoms with E-state index >= 15 is 0 Å². The standard InChI is InChI=1S/C18H20N4O3S/c1-14(16-7-5-9-19-13-16)20-21-18(23)15-6-4-8-17(12-15)26(24,25)22-10-2-3-11-22/h4-9,12-13H,2-3,10-11H2,1H3,(H,21,23)/b20-14+. The van der Waals surface area contributed by atoms with Crippen LogP contribution in [0.3, 0.4) is 0 Å². The lowest BCUT2D eigenvalue weighted by atomic mass is 10.2. The molecule has 2 heterocycles. The average molecular weight is 372 g/mol. The minimum absolute atomic E-state index is 0.125. The Bertz CT molecular complexity index is 920. The number of pyridine rings is 1. The molecule has 1 fully saturated rings. The first-order valence-corrected chi connectivity index (χ1v) is 9.78. The first-order chi connectivity index (χ1) is 12.5. The van der Waals surface area contributed by atoms with Gasteiger partial charge in [-0.3, -0.25) is 9.78 Å². The molecule has 136 valence electrons. The van der Waals surface area contributed by atoms with Crippen molar-refractivity contribution in [1.29, 1.82) is 0 Å². The summed E-state index contributed by atoms with van der Waals surface area (Å²) in [7, 11) is -3.56. The third-order valence-electron chi connectivity index (χ3n) is 4.20. The maximum absolute atomic E-state index is 12.6. The lowest BCUT2D eigenvalue weighted by Crippen LogP contribution is -2.28. The summed E-state index contributed by atoms with van der Waals surface area (Å²) >= 11 is 0. The highest BCUT2D eigenvalue weighted by Crippen LogP contribution is 2.21. The lowest BCUT2D eigenvalue weighted by molar-refractivity contribution is 0.0954. The first-order valence-electron chi connectivity index (χ1n) is 8.34. The van der Waals surface area contributed by atoms with Gasteiger partial charge in [0.15, 0.2) is 0 Å². The molecule has 2 aromatic rings. The maximum atomic E-state index is 12.6. The topological polar surface area (TPSA) is 91.7 Å². The molecule has 1 aliphatic rings. The van der Waals surface area contributed by atoms with Crippen molar-refractivity contribution in [2.45, 2.75) is 24.7 Å². The Morgan fingerprint density at radius 2 is 1.88 bits per heavy atom. The van der Waals surface area contributed by atoms with Gasteiger partial charge in [-0.1, -0.05) is 12.1 Å². The lowest BCUT2D eigenvalue weighted by Gasteiger charge is -2.15. The van der Waals surface area contributed by atoms with Crippen molar-refractivity contribution >= 4 is 21.6 Å². The van der Waals surface area contributed by atoms with Crippen LogP contribution in [0.1, 0.15) is 35.7 Å². The van der Waals surface area contributed by atoms with Crippen LogP contribution < -0.4 is 5.43 Å². The molecule has 1 amide bonds. The molecule has 0 unspecified atom stereocenters. The van der Waals surface area contributed by atoms with E-state index in [4.69, 9.17) is 0 Å². The predicted octanol–water partition coefficient (Wildman–Crippen LogP) is 2.02. The fourth-order valence-electron chi connectivity index (χ4n) is 2.72. The Kier molecular flexibility index (Phi) is 5.43. The highest BCUT2D eigenvalue weighted by molar-refractivity contribution is 7.89. The van der Waals surface area contributed by atoms with E-state index in [1.807, 2.05) is 6.07 Å². The Hall–Kier alpha value is -2.58. The van der Waals surface area contributed by atoms with Gasteiger partial charge >= 0.3 is 0 Å². The second-order valence-corrected chi connectivity index (χ2v) is 7.96. The molecule has 1 N–H and O–H groups in total. The summed E-state index contributed by atoms with van der Waals surface area (Å²) in [6.07, 6.45) is 5.03. The molecular weight excluding hydrogens is 352 g/mol. The van der Waals surface area contributed by atoms with Crippen LogP contribution >= 0.6 is 0 Å². The molecule has 3 rings (SSSR count).